The minimum atomic E-state index is 0.587. The van der Waals surface area contributed by atoms with E-state index in [1.807, 2.05) is 30.5 Å². The van der Waals surface area contributed by atoms with E-state index in [4.69, 9.17) is 14.5 Å². The molecule has 7 nitrogen and oxygen atoms in total. The molecule has 4 rings (SSSR count). The van der Waals surface area contributed by atoms with Gasteiger partial charge in [-0.2, -0.15) is 0 Å². The summed E-state index contributed by atoms with van der Waals surface area (Å²) in [5.41, 5.74) is 2.07. The lowest BCUT2D eigenvalue weighted by Crippen LogP contribution is -2.31. The summed E-state index contributed by atoms with van der Waals surface area (Å²) < 4.78 is 11.5. The summed E-state index contributed by atoms with van der Waals surface area (Å²) in [6.07, 6.45) is 6.59. The van der Waals surface area contributed by atoms with Crippen LogP contribution in [0, 0.1) is 0 Å². The van der Waals surface area contributed by atoms with E-state index in [2.05, 4.69) is 33.5 Å². The number of hydrogen-bond donors (Lipinski definition) is 2. The Bertz CT molecular complexity index is 864. The summed E-state index contributed by atoms with van der Waals surface area (Å²) in [7, 11) is 0. The van der Waals surface area contributed by atoms with Crippen LogP contribution in [-0.4, -0.2) is 43.8 Å². The minimum absolute atomic E-state index is 0.587. The maximum Gasteiger partial charge on any atom is 0.196 e. The molecule has 0 saturated carbocycles. The van der Waals surface area contributed by atoms with Crippen LogP contribution in [0.4, 0.5) is 11.5 Å². The van der Waals surface area contributed by atoms with Crippen molar-refractivity contribution in [3.63, 3.8) is 0 Å². The number of aliphatic imine (C=N–C) groups is 1. The number of hydrogen-bond acceptors (Lipinski definition) is 5. The maximum absolute atomic E-state index is 5.79. The lowest BCUT2D eigenvalue weighted by molar-refractivity contribution is 0.297. The molecule has 0 amide bonds. The average molecular weight is 410 g/mol. The van der Waals surface area contributed by atoms with Crippen molar-refractivity contribution in [2.24, 2.45) is 4.99 Å². The zero-order valence-electron chi connectivity index (χ0n) is 17.7. The van der Waals surface area contributed by atoms with Crippen LogP contribution in [-0.2, 0) is 6.54 Å². The molecule has 1 aromatic carbocycles. The Balaban J connectivity index is 1.44. The number of anilines is 2. The predicted molar refractivity (Wildman–Crippen MR) is 121 cm³/mol. The molecule has 7 heteroatoms. The van der Waals surface area contributed by atoms with Gasteiger partial charge < -0.3 is 25.0 Å². The second-order valence-corrected chi connectivity index (χ2v) is 7.60. The van der Waals surface area contributed by atoms with Crippen molar-refractivity contribution >= 4 is 17.5 Å². The fourth-order valence-corrected chi connectivity index (χ4v) is 3.71. The molecule has 0 atom stereocenters. The third-order valence-electron chi connectivity index (χ3n) is 5.26. The van der Waals surface area contributed by atoms with Crippen LogP contribution in [0.25, 0.3) is 0 Å². The normalized spacial score (nSPS) is 16.7. The Kier molecular flexibility index (Phi) is 6.90. The van der Waals surface area contributed by atoms with Crippen LogP contribution < -0.4 is 25.0 Å². The molecule has 2 aliphatic heterocycles. The first-order valence-electron chi connectivity index (χ1n) is 11.0. The molecule has 0 bridgehead atoms. The quantitative estimate of drug-likeness (QED) is 0.578. The van der Waals surface area contributed by atoms with E-state index in [0.29, 0.717) is 19.8 Å². The Morgan fingerprint density at radius 1 is 1.03 bits per heavy atom. The van der Waals surface area contributed by atoms with E-state index in [-0.39, 0.29) is 0 Å². The number of pyridine rings is 1. The third kappa shape index (κ3) is 5.34. The van der Waals surface area contributed by atoms with Gasteiger partial charge in [0.15, 0.2) is 17.5 Å². The topological polar surface area (TPSA) is 71.0 Å². The Morgan fingerprint density at radius 2 is 1.87 bits per heavy atom. The van der Waals surface area contributed by atoms with Crippen molar-refractivity contribution in [2.75, 3.05) is 43.1 Å². The van der Waals surface area contributed by atoms with Gasteiger partial charge in [-0.1, -0.05) is 0 Å². The van der Waals surface area contributed by atoms with Crippen LogP contribution in [0.2, 0.25) is 0 Å². The summed E-state index contributed by atoms with van der Waals surface area (Å²) in [5.74, 6) is 3.36. The van der Waals surface area contributed by atoms with Crippen LogP contribution in [0.1, 0.15) is 38.2 Å². The highest BCUT2D eigenvalue weighted by Crippen LogP contribution is 2.32. The molecule has 30 heavy (non-hydrogen) atoms. The fourth-order valence-electron chi connectivity index (χ4n) is 3.71. The van der Waals surface area contributed by atoms with Gasteiger partial charge in [0.2, 0.25) is 0 Å². The van der Waals surface area contributed by atoms with Gasteiger partial charge in [-0.25, -0.2) is 9.98 Å². The minimum Gasteiger partial charge on any atom is -0.490 e. The summed E-state index contributed by atoms with van der Waals surface area (Å²) in [4.78, 5) is 11.7. The highest BCUT2D eigenvalue weighted by Gasteiger charge is 2.13. The van der Waals surface area contributed by atoms with E-state index in [1.165, 1.54) is 19.3 Å². The average Bonchev–Trinajstić information content (AvgIpc) is 3.03. The fraction of sp³-hybridized carbons (Fsp3) is 0.478. The van der Waals surface area contributed by atoms with Gasteiger partial charge >= 0.3 is 0 Å². The largest absolute Gasteiger partial charge is 0.490 e. The summed E-state index contributed by atoms with van der Waals surface area (Å²) in [6.45, 7) is 6.98. The van der Waals surface area contributed by atoms with E-state index in [0.717, 1.165) is 60.6 Å². The van der Waals surface area contributed by atoms with Gasteiger partial charge in [-0.3, -0.25) is 0 Å². The molecule has 1 fully saturated rings. The van der Waals surface area contributed by atoms with Crippen molar-refractivity contribution in [1.29, 1.82) is 0 Å². The molecule has 3 heterocycles. The molecule has 0 spiro atoms. The van der Waals surface area contributed by atoms with Gasteiger partial charge in [0.1, 0.15) is 5.82 Å². The molecule has 0 aliphatic carbocycles. The Hall–Kier alpha value is -2.96. The van der Waals surface area contributed by atoms with E-state index in [1.54, 1.807) is 0 Å². The first-order valence-corrected chi connectivity index (χ1v) is 11.0. The zero-order chi connectivity index (χ0) is 20.6. The number of guanidine groups is 1. The van der Waals surface area contributed by atoms with Crippen molar-refractivity contribution in [2.45, 2.75) is 39.2 Å². The number of piperidine rings is 1. The molecule has 2 aliphatic rings. The molecular formula is C23H31N5O2. The SMILES string of the molecule is CCNC(=NCc1ccnc(N2CCCCC2)c1)Nc1ccc2c(c1)OCCCO2. The second-order valence-electron chi connectivity index (χ2n) is 7.60. The van der Waals surface area contributed by atoms with Gasteiger partial charge in [0.05, 0.1) is 19.8 Å². The summed E-state index contributed by atoms with van der Waals surface area (Å²) in [6, 6.07) is 10.1. The van der Waals surface area contributed by atoms with Crippen LogP contribution >= 0.6 is 0 Å². The second kappa shape index (κ2) is 10.2. The van der Waals surface area contributed by atoms with Crippen LogP contribution in [0.5, 0.6) is 11.5 Å². The maximum atomic E-state index is 5.79. The molecule has 2 aromatic rings. The molecule has 1 aromatic heterocycles. The van der Waals surface area contributed by atoms with Crippen molar-refractivity contribution < 1.29 is 9.47 Å². The smallest absolute Gasteiger partial charge is 0.196 e. The van der Waals surface area contributed by atoms with Gasteiger partial charge in [-0.15, -0.1) is 0 Å². The third-order valence-corrected chi connectivity index (χ3v) is 5.26. The molecule has 160 valence electrons. The molecule has 0 radical (unpaired) electrons. The monoisotopic (exact) mass is 409 g/mol. The summed E-state index contributed by atoms with van der Waals surface area (Å²) >= 11 is 0. The van der Waals surface area contributed by atoms with E-state index >= 15 is 0 Å². The predicted octanol–water partition coefficient (Wildman–Crippen LogP) is 3.81. The number of nitrogens with one attached hydrogen (secondary N) is 2. The van der Waals surface area contributed by atoms with E-state index < -0.39 is 0 Å². The first kappa shape index (κ1) is 20.3. The molecular weight excluding hydrogens is 378 g/mol. The van der Waals surface area contributed by atoms with Gasteiger partial charge in [-0.05, 0) is 56.0 Å². The van der Waals surface area contributed by atoms with Crippen LogP contribution in [0.3, 0.4) is 0 Å². The highest BCUT2D eigenvalue weighted by atomic mass is 16.5. The van der Waals surface area contributed by atoms with Crippen molar-refractivity contribution in [3.05, 3.63) is 42.1 Å². The van der Waals surface area contributed by atoms with E-state index in [9.17, 15) is 0 Å². The van der Waals surface area contributed by atoms with Crippen molar-refractivity contribution in [3.8, 4) is 11.5 Å². The Morgan fingerprint density at radius 3 is 2.70 bits per heavy atom. The lowest BCUT2D eigenvalue weighted by Gasteiger charge is -2.27. The highest BCUT2D eigenvalue weighted by molar-refractivity contribution is 5.93. The summed E-state index contributed by atoms with van der Waals surface area (Å²) in [5, 5.41) is 6.69. The first-order chi connectivity index (χ1) is 14.8. The lowest BCUT2D eigenvalue weighted by atomic mass is 10.1. The Labute approximate surface area is 178 Å². The standard InChI is InChI=1S/C23H31N5O2/c1-2-24-23(27-19-7-8-20-21(16-19)30-14-6-13-29-20)26-17-18-9-10-25-22(15-18)28-11-4-3-5-12-28/h7-10,15-16H,2-6,11-14,17H2,1H3,(H2,24,26,27). The number of benzene rings is 1. The van der Waals surface area contributed by atoms with Gasteiger partial charge in [0.25, 0.3) is 0 Å². The number of ether oxygens (including phenoxy) is 2. The molecule has 2 N–H and O–H groups in total. The molecule has 1 saturated heterocycles. The van der Waals surface area contributed by atoms with Crippen molar-refractivity contribution in [1.82, 2.24) is 10.3 Å². The number of rotatable bonds is 5. The number of aromatic nitrogens is 1. The molecule has 0 unspecified atom stereocenters. The number of nitrogens with zero attached hydrogens (tertiary/aromatic N) is 3. The number of fused-ring (bicyclic) bond motifs is 1. The zero-order valence-corrected chi connectivity index (χ0v) is 17.7. The van der Waals surface area contributed by atoms with Gasteiger partial charge in [0, 0.05) is 44.0 Å². The van der Waals surface area contributed by atoms with Crippen LogP contribution in [0.15, 0.2) is 41.5 Å².